The van der Waals surface area contributed by atoms with Crippen LogP contribution in [0.1, 0.15) is 19.4 Å². The van der Waals surface area contributed by atoms with E-state index >= 15 is 0 Å². The fraction of sp³-hybridized carbons (Fsp3) is 0.161. The number of nitrogens with zero attached hydrogens (tertiary/aromatic N) is 4. The van der Waals surface area contributed by atoms with Crippen LogP contribution in [0.3, 0.4) is 0 Å². The Morgan fingerprint density at radius 3 is 2.19 bits per heavy atom. The second kappa shape index (κ2) is 7.15. The molecule has 0 amide bonds. The molecule has 5 nitrogen and oxygen atoms in total. The lowest BCUT2D eigenvalue weighted by Crippen LogP contribution is -2.60. The van der Waals surface area contributed by atoms with Gasteiger partial charge in [-0.15, -0.1) is 0 Å². The van der Waals surface area contributed by atoms with Crippen molar-refractivity contribution in [3.63, 3.8) is 0 Å². The van der Waals surface area contributed by atoms with Crippen molar-refractivity contribution in [2.24, 2.45) is 0 Å². The van der Waals surface area contributed by atoms with Gasteiger partial charge in [0.25, 0.3) is 5.82 Å². The molecule has 2 aromatic heterocycles. The van der Waals surface area contributed by atoms with Crippen molar-refractivity contribution in [2.45, 2.75) is 26.4 Å². The van der Waals surface area contributed by atoms with Crippen molar-refractivity contribution >= 4 is 56.0 Å². The van der Waals surface area contributed by atoms with E-state index in [9.17, 15) is 0 Å². The predicted octanol–water partition coefficient (Wildman–Crippen LogP) is 7.99. The number of para-hydroxylation sites is 4. The number of aryl methyl sites for hydroxylation is 1. The number of rotatable bonds is 2. The largest absolute Gasteiger partial charge is 0.450 e. The molecule has 0 fully saturated rings. The maximum atomic E-state index is 6.60. The number of hydrogen-bond acceptors (Lipinski definition) is 4. The minimum absolute atomic E-state index is 0.429. The van der Waals surface area contributed by atoms with Gasteiger partial charge in [0.05, 0.1) is 18.1 Å². The molecule has 1 unspecified atom stereocenters. The summed E-state index contributed by atoms with van der Waals surface area (Å²) in [5, 5.41) is 2.25. The standard InChI is InChI=1S/C31H27N4O/c1-20-18-19-23-22-14-8-11-17-26(22)36-28(23)27(20)35(4)30-29(32-24-15-9-10-16-25(24)33-30)34(31(35,2)3)21-12-6-5-7-13-21/h5-19H,1-4H3/q+1. The fourth-order valence-electron chi connectivity index (χ4n) is 5.97. The molecule has 0 spiro atoms. The van der Waals surface area contributed by atoms with Crippen LogP contribution in [-0.2, 0) is 0 Å². The fourth-order valence-corrected chi connectivity index (χ4v) is 5.97. The maximum Gasteiger partial charge on any atom is 0.279 e. The van der Waals surface area contributed by atoms with Crippen LogP contribution in [0.15, 0.2) is 95.4 Å². The molecule has 1 aliphatic heterocycles. The molecule has 5 heteroatoms. The molecule has 36 heavy (non-hydrogen) atoms. The Morgan fingerprint density at radius 2 is 1.42 bits per heavy atom. The van der Waals surface area contributed by atoms with Crippen LogP contribution in [0.5, 0.6) is 0 Å². The topological polar surface area (TPSA) is 42.2 Å². The van der Waals surface area contributed by atoms with Gasteiger partial charge in [-0.3, -0.25) is 4.90 Å². The van der Waals surface area contributed by atoms with E-state index in [0.717, 1.165) is 61.5 Å². The van der Waals surface area contributed by atoms with Gasteiger partial charge in [-0.1, -0.05) is 54.6 Å². The maximum absolute atomic E-state index is 6.60. The summed E-state index contributed by atoms with van der Waals surface area (Å²) in [6.45, 7) is 6.71. The number of hydrogen-bond donors (Lipinski definition) is 0. The quantitative estimate of drug-likeness (QED) is 0.240. The summed E-state index contributed by atoms with van der Waals surface area (Å²) >= 11 is 0. The lowest BCUT2D eigenvalue weighted by atomic mass is 10.0. The van der Waals surface area contributed by atoms with Gasteiger partial charge in [-0.05, 0) is 43.3 Å². The van der Waals surface area contributed by atoms with Crippen LogP contribution < -0.4 is 9.38 Å². The van der Waals surface area contributed by atoms with E-state index in [4.69, 9.17) is 14.4 Å². The lowest BCUT2D eigenvalue weighted by molar-refractivity contribution is 0.258. The minimum Gasteiger partial charge on any atom is -0.450 e. The van der Waals surface area contributed by atoms with Crippen molar-refractivity contribution < 1.29 is 4.42 Å². The zero-order valence-corrected chi connectivity index (χ0v) is 20.9. The Bertz CT molecular complexity index is 1800. The molecule has 1 atom stereocenters. The summed E-state index contributed by atoms with van der Waals surface area (Å²) in [6.07, 6.45) is 0. The van der Waals surface area contributed by atoms with Crippen LogP contribution in [0.4, 0.5) is 23.0 Å². The van der Waals surface area contributed by atoms with E-state index < -0.39 is 5.66 Å². The summed E-state index contributed by atoms with van der Waals surface area (Å²) in [5.41, 5.74) is 6.48. The summed E-state index contributed by atoms with van der Waals surface area (Å²) < 4.78 is 7.03. The van der Waals surface area contributed by atoms with Crippen molar-refractivity contribution in [3.05, 3.63) is 96.6 Å². The van der Waals surface area contributed by atoms with Gasteiger partial charge >= 0.3 is 0 Å². The van der Waals surface area contributed by atoms with Gasteiger partial charge < -0.3 is 4.42 Å². The van der Waals surface area contributed by atoms with E-state index in [1.807, 2.05) is 42.5 Å². The highest BCUT2D eigenvalue weighted by atomic mass is 16.3. The molecular weight excluding hydrogens is 444 g/mol. The Kier molecular flexibility index (Phi) is 4.19. The van der Waals surface area contributed by atoms with Crippen LogP contribution >= 0.6 is 0 Å². The van der Waals surface area contributed by atoms with Gasteiger partial charge in [0.15, 0.2) is 16.9 Å². The van der Waals surface area contributed by atoms with Gasteiger partial charge in [0.1, 0.15) is 5.58 Å². The molecule has 6 aromatic rings. The molecule has 0 radical (unpaired) electrons. The highest BCUT2D eigenvalue weighted by molar-refractivity contribution is 6.10. The first kappa shape index (κ1) is 21.1. The second-order valence-electron chi connectivity index (χ2n) is 10.2. The van der Waals surface area contributed by atoms with Gasteiger partial charge in [0.2, 0.25) is 5.82 Å². The molecule has 3 heterocycles. The first-order valence-corrected chi connectivity index (χ1v) is 12.3. The number of anilines is 2. The predicted molar refractivity (Wildman–Crippen MR) is 148 cm³/mol. The summed E-state index contributed by atoms with van der Waals surface area (Å²) in [5.74, 6) is 1.79. The van der Waals surface area contributed by atoms with Crippen LogP contribution in [-0.4, -0.2) is 22.7 Å². The molecule has 0 N–H and O–H groups in total. The van der Waals surface area contributed by atoms with E-state index in [2.05, 4.69) is 81.2 Å². The first-order chi connectivity index (χ1) is 17.4. The van der Waals surface area contributed by atoms with Crippen molar-refractivity contribution in [2.75, 3.05) is 11.9 Å². The van der Waals surface area contributed by atoms with E-state index in [1.54, 1.807) is 0 Å². The molecular formula is C31H27N4O+. The average Bonchev–Trinajstić information content (AvgIpc) is 3.33. The highest BCUT2D eigenvalue weighted by Gasteiger charge is 2.60. The second-order valence-corrected chi connectivity index (χ2v) is 10.2. The van der Waals surface area contributed by atoms with Crippen molar-refractivity contribution in [3.8, 4) is 0 Å². The van der Waals surface area contributed by atoms with Crippen LogP contribution in [0, 0.1) is 6.92 Å². The van der Waals surface area contributed by atoms with E-state index in [1.165, 1.54) is 0 Å². The third-order valence-corrected chi connectivity index (χ3v) is 8.00. The Morgan fingerprint density at radius 1 is 0.750 bits per heavy atom. The van der Waals surface area contributed by atoms with Gasteiger partial charge in [0, 0.05) is 35.9 Å². The number of quaternary nitrogens is 1. The Balaban J connectivity index is 1.63. The molecule has 0 aliphatic carbocycles. The average molecular weight is 472 g/mol. The zero-order valence-electron chi connectivity index (χ0n) is 20.9. The zero-order chi connectivity index (χ0) is 24.7. The SMILES string of the molecule is Cc1ccc2c(oc3ccccc32)c1[N+]1(C)c2nc3ccccc3nc2N(c2ccccc2)C1(C)C. The van der Waals surface area contributed by atoms with E-state index in [-0.39, 0.29) is 0 Å². The normalized spacial score (nSPS) is 18.8. The monoisotopic (exact) mass is 471 g/mol. The lowest BCUT2D eigenvalue weighted by Gasteiger charge is -2.44. The van der Waals surface area contributed by atoms with Crippen molar-refractivity contribution in [1.82, 2.24) is 14.5 Å². The van der Waals surface area contributed by atoms with E-state index in [0.29, 0.717) is 4.48 Å². The summed E-state index contributed by atoms with van der Waals surface area (Å²) in [7, 11) is 2.25. The molecule has 176 valence electrons. The van der Waals surface area contributed by atoms with Crippen LogP contribution in [0.25, 0.3) is 33.0 Å². The smallest absolute Gasteiger partial charge is 0.279 e. The molecule has 7 rings (SSSR count). The number of furan rings is 1. The Hall–Kier alpha value is -4.22. The molecule has 0 saturated carbocycles. The summed E-state index contributed by atoms with van der Waals surface area (Å²) in [6, 6.07) is 31.3. The third-order valence-electron chi connectivity index (χ3n) is 8.00. The number of fused-ring (bicyclic) bond motifs is 5. The van der Waals surface area contributed by atoms with Gasteiger partial charge in [-0.2, -0.15) is 4.98 Å². The summed E-state index contributed by atoms with van der Waals surface area (Å²) in [4.78, 5) is 12.8. The number of benzene rings is 4. The molecule has 0 bridgehead atoms. The van der Waals surface area contributed by atoms with Crippen molar-refractivity contribution in [1.29, 1.82) is 0 Å². The molecule has 4 aromatic carbocycles. The first-order valence-electron chi connectivity index (χ1n) is 12.3. The van der Waals surface area contributed by atoms with Gasteiger partial charge in [-0.25, -0.2) is 9.47 Å². The number of aromatic nitrogens is 2. The Labute approximate surface area is 209 Å². The molecule has 1 aliphatic rings. The minimum atomic E-state index is -0.459. The van der Waals surface area contributed by atoms with Crippen LogP contribution in [0.2, 0.25) is 0 Å². The highest BCUT2D eigenvalue weighted by Crippen LogP contribution is 2.58. The molecule has 0 saturated heterocycles. The third kappa shape index (κ3) is 2.58.